The van der Waals surface area contributed by atoms with Crippen LogP contribution in [0.1, 0.15) is 5.56 Å². The van der Waals surface area contributed by atoms with Crippen molar-refractivity contribution < 1.29 is 9.53 Å². The number of carbonyl (C=O) groups excluding carboxylic acids is 1. The molecular formula is C15H20N2O2. The summed E-state index contributed by atoms with van der Waals surface area (Å²) in [6.07, 6.45) is 3.40. The molecule has 102 valence electrons. The Kier molecular flexibility index (Phi) is 5.59. The summed E-state index contributed by atoms with van der Waals surface area (Å²) in [4.78, 5) is 13.9. The average molecular weight is 260 g/mol. The van der Waals surface area contributed by atoms with E-state index >= 15 is 0 Å². The molecule has 0 saturated carbocycles. The second-order valence-electron chi connectivity index (χ2n) is 4.49. The summed E-state index contributed by atoms with van der Waals surface area (Å²) >= 11 is 0. The van der Waals surface area contributed by atoms with Crippen LogP contribution in [0.25, 0.3) is 6.08 Å². The van der Waals surface area contributed by atoms with Crippen molar-refractivity contribution in [3.8, 4) is 0 Å². The molecule has 0 atom stereocenters. The fourth-order valence-corrected chi connectivity index (χ4v) is 1.96. The standard InChI is InChI=1S/C15H20N2O2/c18-15(7-6-14-4-2-1-3-5-14)16-8-9-17-10-12-19-13-11-17/h1-7H,8-13H2,(H,16,18). The molecule has 1 aromatic carbocycles. The fraction of sp³-hybridized carbons (Fsp3) is 0.400. The van der Waals surface area contributed by atoms with Crippen LogP contribution < -0.4 is 5.32 Å². The molecule has 4 heteroatoms. The summed E-state index contributed by atoms with van der Waals surface area (Å²) in [6.45, 7) is 5.06. The van der Waals surface area contributed by atoms with Crippen molar-refractivity contribution in [3.63, 3.8) is 0 Å². The first-order valence-corrected chi connectivity index (χ1v) is 6.66. The SMILES string of the molecule is O=C(C=Cc1ccccc1)NCCN1CCOCC1. The Morgan fingerprint density at radius 2 is 2.00 bits per heavy atom. The highest BCUT2D eigenvalue weighted by Crippen LogP contribution is 2.00. The first-order valence-electron chi connectivity index (χ1n) is 6.66. The zero-order chi connectivity index (χ0) is 13.3. The van der Waals surface area contributed by atoms with E-state index in [2.05, 4.69) is 10.2 Å². The van der Waals surface area contributed by atoms with Gasteiger partial charge in [0.25, 0.3) is 0 Å². The van der Waals surface area contributed by atoms with Crippen LogP contribution in [0, 0.1) is 0 Å². The lowest BCUT2D eigenvalue weighted by Gasteiger charge is -2.26. The van der Waals surface area contributed by atoms with Gasteiger partial charge in [0.2, 0.25) is 5.91 Å². The molecule has 1 aliphatic rings. The fourth-order valence-electron chi connectivity index (χ4n) is 1.96. The normalized spacial score (nSPS) is 16.6. The first kappa shape index (κ1) is 13.8. The number of morpholine rings is 1. The maximum absolute atomic E-state index is 11.6. The van der Waals surface area contributed by atoms with E-state index in [1.54, 1.807) is 6.08 Å². The van der Waals surface area contributed by atoms with E-state index in [0.717, 1.165) is 38.4 Å². The van der Waals surface area contributed by atoms with Crippen LogP contribution in [-0.2, 0) is 9.53 Å². The number of nitrogens with one attached hydrogen (secondary N) is 1. The molecule has 1 heterocycles. The minimum Gasteiger partial charge on any atom is -0.379 e. The van der Waals surface area contributed by atoms with Crippen LogP contribution in [0.15, 0.2) is 36.4 Å². The van der Waals surface area contributed by atoms with Gasteiger partial charge < -0.3 is 10.1 Å². The van der Waals surface area contributed by atoms with E-state index in [4.69, 9.17) is 4.74 Å². The summed E-state index contributed by atoms with van der Waals surface area (Å²) < 4.78 is 5.27. The molecule has 1 fully saturated rings. The Morgan fingerprint density at radius 3 is 2.74 bits per heavy atom. The number of hydrogen-bond donors (Lipinski definition) is 1. The van der Waals surface area contributed by atoms with E-state index < -0.39 is 0 Å². The Bertz CT molecular complexity index is 411. The molecule has 0 spiro atoms. The van der Waals surface area contributed by atoms with E-state index in [9.17, 15) is 4.79 Å². The van der Waals surface area contributed by atoms with Crippen LogP contribution in [0.5, 0.6) is 0 Å². The van der Waals surface area contributed by atoms with Crippen molar-refractivity contribution in [2.45, 2.75) is 0 Å². The number of rotatable bonds is 5. The Hall–Kier alpha value is -1.65. The average Bonchev–Trinajstić information content (AvgIpc) is 2.47. The molecule has 0 unspecified atom stereocenters. The van der Waals surface area contributed by atoms with E-state index in [-0.39, 0.29) is 5.91 Å². The molecule has 19 heavy (non-hydrogen) atoms. The second kappa shape index (κ2) is 7.71. The van der Waals surface area contributed by atoms with Gasteiger partial charge in [-0.3, -0.25) is 9.69 Å². The van der Waals surface area contributed by atoms with Crippen LogP contribution in [0.2, 0.25) is 0 Å². The van der Waals surface area contributed by atoms with Gasteiger partial charge in [-0.15, -0.1) is 0 Å². The molecule has 0 aromatic heterocycles. The van der Waals surface area contributed by atoms with Crippen LogP contribution in [0.4, 0.5) is 0 Å². The maximum Gasteiger partial charge on any atom is 0.244 e. The summed E-state index contributed by atoms with van der Waals surface area (Å²) in [7, 11) is 0. The van der Waals surface area contributed by atoms with Gasteiger partial charge in [0, 0.05) is 32.3 Å². The smallest absolute Gasteiger partial charge is 0.244 e. The number of hydrogen-bond acceptors (Lipinski definition) is 3. The van der Waals surface area contributed by atoms with Crippen molar-refractivity contribution in [2.75, 3.05) is 39.4 Å². The molecule has 2 rings (SSSR count). The highest BCUT2D eigenvalue weighted by Gasteiger charge is 2.09. The zero-order valence-electron chi connectivity index (χ0n) is 11.0. The van der Waals surface area contributed by atoms with Gasteiger partial charge >= 0.3 is 0 Å². The van der Waals surface area contributed by atoms with Crippen molar-refractivity contribution in [1.82, 2.24) is 10.2 Å². The lowest BCUT2D eigenvalue weighted by Crippen LogP contribution is -2.41. The van der Waals surface area contributed by atoms with Crippen LogP contribution in [-0.4, -0.2) is 50.2 Å². The Labute approximate surface area is 114 Å². The minimum absolute atomic E-state index is 0.0443. The predicted molar refractivity (Wildman–Crippen MR) is 75.7 cm³/mol. The van der Waals surface area contributed by atoms with Crippen molar-refractivity contribution in [1.29, 1.82) is 0 Å². The quantitative estimate of drug-likeness (QED) is 0.807. The monoisotopic (exact) mass is 260 g/mol. The Balaban J connectivity index is 1.65. The van der Waals surface area contributed by atoms with Crippen molar-refractivity contribution in [3.05, 3.63) is 42.0 Å². The minimum atomic E-state index is -0.0443. The highest BCUT2D eigenvalue weighted by atomic mass is 16.5. The van der Waals surface area contributed by atoms with Gasteiger partial charge in [-0.25, -0.2) is 0 Å². The maximum atomic E-state index is 11.6. The zero-order valence-corrected chi connectivity index (χ0v) is 11.0. The second-order valence-corrected chi connectivity index (χ2v) is 4.49. The third kappa shape index (κ3) is 5.24. The molecule has 4 nitrogen and oxygen atoms in total. The number of ether oxygens (including phenoxy) is 1. The van der Waals surface area contributed by atoms with Gasteiger partial charge in [-0.2, -0.15) is 0 Å². The van der Waals surface area contributed by atoms with Gasteiger partial charge in [0.1, 0.15) is 0 Å². The lowest BCUT2D eigenvalue weighted by molar-refractivity contribution is -0.116. The largest absolute Gasteiger partial charge is 0.379 e. The van der Waals surface area contributed by atoms with Gasteiger partial charge in [0.15, 0.2) is 0 Å². The molecule has 1 aromatic rings. The van der Waals surface area contributed by atoms with Crippen molar-refractivity contribution >= 4 is 12.0 Å². The van der Waals surface area contributed by atoms with Crippen LogP contribution >= 0.6 is 0 Å². The number of nitrogens with zero attached hydrogens (tertiary/aromatic N) is 1. The molecule has 1 amide bonds. The van der Waals surface area contributed by atoms with Crippen LogP contribution in [0.3, 0.4) is 0 Å². The van der Waals surface area contributed by atoms with Gasteiger partial charge in [-0.1, -0.05) is 30.3 Å². The molecule has 1 N–H and O–H groups in total. The van der Waals surface area contributed by atoms with Gasteiger partial charge in [0.05, 0.1) is 13.2 Å². The molecule has 0 aliphatic carbocycles. The molecule has 0 bridgehead atoms. The molecular weight excluding hydrogens is 240 g/mol. The Morgan fingerprint density at radius 1 is 1.26 bits per heavy atom. The van der Waals surface area contributed by atoms with E-state index in [1.807, 2.05) is 36.4 Å². The first-order chi connectivity index (χ1) is 9.34. The number of benzene rings is 1. The molecule has 1 saturated heterocycles. The molecule has 1 aliphatic heterocycles. The van der Waals surface area contributed by atoms with Gasteiger partial charge in [-0.05, 0) is 11.6 Å². The highest BCUT2D eigenvalue weighted by molar-refractivity contribution is 5.91. The molecule has 0 radical (unpaired) electrons. The lowest BCUT2D eigenvalue weighted by atomic mass is 10.2. The number of carbonyl (C=O) groups is 1. The number of amides is 1. The summed E-state index contributed by atoms with van der Waals surface area (Å²) in [5, 5.41) is 2.89. The third-order valence-corrected chi connectivity index (χ3v) is 3.06. The van der Waals surface area contributed by atoms with E-state index in [0.29, 0.717) is 6.54 Å². The third-order valence-electron chi connectivity index (χ3n) is 3.06. The topological polar surface area (TPSA) is 41.6 Å². The van der Waals surface area contributed by atoms with E-state index in [1.165, 1.54) is 0 Å². The summed E-state index contributed by atoms with van der Waals surface area (Å²) in [5.41, 5.74) is 1.03. The summed E-state index contributed by atoms with van der Waals surface area (Å²) in [5.74, 6) is -0.0443. The van der Waals surface area contributed by atoms with Crippen molar-refractivity contribution in [2.24, 2.45) is 0 Å². The predicted octanol–water partition coefficient (Wildman–Crippen LogP) is 1.15. The summed E-state index contributed by atoms with van der Waals surface area (Å²) in [6, 6.07) is 9.81.